The molecule has 1 atom stereocenters. The molecule has 5 nitrogen and oxygen atoms in total. The first-order valence-corrected chi connectivity index (χ1v) is 8.14. The van der Waals surface area contributed by atoms with Crippen LogP contribution in [0.5, 0.6) is 0 Å². The van der Waals surface area contributed by atoms with Crippen LogP contribution in [0.3, 0.4) is 0 Å². The Hall–Kier alpha value is -2.64. The number of ketones is 1. The monoisotopic (exact) mass is 384 g/mol. The maximum absolute atomic E-state index is 12.7. The van der Waals surface area contributed by atoms with Crippen molar-refractivity contribution in [3.05, 3.63) is 47.5 Å². The second-order valence-corrected chi connectivity index (χ2v) is 6.33. The number of carbonyl (C=O) groups excluding carboxylic acids is 3. The number of hydrogen-bond donors (Lipinski definition) is 0. The number of benzene rings is 1. The molecular weight excluding hydrogens is 365 g/mol. The summed E-state index contributed by atoms with van der Waals surface area (Å²) in [7, 11) is 2.24. The van der Waals surface area contributed by atoms with Gasteiger partial charge in [-0.2, -0.15) is 13.2 Å². The van der Waals surface area contributed by atoms with Crippen molar-refractivity contribution in [2.45, 2.75) is 25.4 Å². The van der Waals surface area contributed by atoms with Gasteiger partial charge in [0.15, 0.2) is 11.2 Å². The second-order valence-electron chi connectivity index (χ2n) is 6.33. The summed E-state index contributed by atoms with van der Waals surface area (Å²) in [6.45, 7) is 3.78. The minimum absolute atomic E-state index is 0.0594. The summed E-state index contributed by atoms with van der Waals surface area (Å²) < 4.78 is 47.5. The van der Waals surface area contributed by atoms with Crippen molar-refractivity contribution in [2.75, 3.05) is 14.2 Å². The van der Waals surface area contributed by atoms with Crippen LogP contribution < -0.4 is 0 Å². The van der Waals surface area contributed by atoms with Crippen molar-refractivity contribution >= 4 is 17.7 Å². The van der Waals surface area contributed by atoms with Crippen molar-refractivity contribution in [3.63, 3.8) is 0 Å². The van der Waals surface area contributed by atoms with Gasteiger partial charge in [0, 0.05) is 12.0 Å². The van der Waals surface area contributed by atoms with E-state index in [4.69, 9.17) is 9.47 Å². The van der Waals surface area contributed by atoms with E-state index in [-0.39, 0.29) is 12.0 Å². The third-order valence-corrected chi connectivity index (χ3v) is 4.95. The summed E-state index contributed by atoms with van der Waals surface area (Å²) in [5.74, 6) is -2.95. The fourth-order valence-corrected chi connectivity index (χ4v) is 3.52. The predicted molar refractivity (Wildman–Crippen MR) is 88.7 cm³/mol. The van der Waals surface area contributed by atoms with Crippen LogP contribution in [0.1, 0.15) is 35.2 Å². The molecule has 1 aliphatic carbocycles. The summed E-state index contributed by atoms with van der Waals surface area (Å²) in [6.07, 6.45) is -4.07. The quantitative estimate of drug-likeness (QED) is 0.336. The van der Waals surface area contributed by atoms with E-state index in [0.29, 0.717) is 18.4 Å². The normalized spacial score (nSPS) is 18.9. The Bertz CT molecular complexity index is 749. The largest absolute Gasteiger partial charge is 0.468 e. The van der Waals surface area contributed by atoms with Crippen LogP contribution >= 0.6 is 0 Å². The highest BCUT2D eigenvalue weighted by molar-refractivity contribution is 6.05. The molecule has 0 aromatic heterocycles. The smallest absolute Gasteiger partial charge is 0.416 e. The number of halogens is 3. The second kappa shape index (κ2) is 7.54. The first-order valence-electron chi connectivity index (χ1n) is 8.14. The van der Waals surface area contributed by atoms with E-state index in [1.54, 1.807) is 0 Å². The predicted octanol–water partition coefficient (Wildman–Crippen LogP) is 3.58. The van der Waals surface area contributed by atoms with Gasteiger partial charge in [-0.1, -0.05) is 18.7 Å². The van der Waals surface area contributed by atoms with Crippen LogP contribution in [0.4, 0.5) is 13.2 Å². The number of hydrogen-bond acceptors (Lipinski definition) is 5. The number of carbonyl (C=O) groups is 3. The Morgan fingerprint density at radius 2 is 1.63 bits per heavy atom. The van der Waals surface area contributed by atoms with E-state index in [9.17, 15) is 27.6 Å². The Kier molecular flexibility index (Phi) is 5.77. The fraction of sp³-hybridized carbons (Fsp3) is 0.421. The van der Waals surface area contributed by atoms with Gasteiger partial charge in [0.05, 0.1) is 19.8 Å². The van der Waals surface area contributed by atoms with Gasteiger partial charge in [-0.3, -0.25) is 14.4 Å². The minimum Gasteiger partial charge on any atom is -0.468 e. The molecule has 146 valence electrons. The minimum atomic E-state index is -4.50. The van der Waals surface area contributed by atoms with Gasteiger partial charge < -0.3 is 9.47 Å². The van der Waals surface area contributed by atoms with Gasteiger partial charge in [-0.05, 0) is 36.5 Å². The van der Waals surface area contributed by atoms with E-state index >= 15 is 0 Å². The maximum atomic E-state index is 12.7. The molecule has 0 radical (unpaired) electrons. The van der Waals surface area contributed by atoms with Gasteiger partial charge in [-0.25, -0.2) is 0 Å². The molecule has 0 heterocycles. The Morgan fingerprint density at radius 1 is 1.11 bits per heavy atom. The standard InChI is InChI=1S/C19H19F3O5/c1-11-4-7-14(18(11,16(24)26-2)17(25)27-3)10-15(23)12-5-8-13(9-6-12)19(20,21)22/h5-6,8-9,14H,1,4,7,10H2,2-3H3. The van der Waals surface area contributed by atoms with Crippen LogP contribution in [0.15, 0.2) is 36.4 Å². The van der Waals surface area contributed by atoms with E-state index in [1.807, 2.05) is 0 Å². The molecule has 0 amide bonds. The molecule has 1 aliphatic rings. The Morgan fingerprint density at radius 3 is 2.07 bits per heavy atom. The zero-order valence-corrected chi connectivity index (χ0v) is 14.9. The topological polar surface area (TPSA) is 69.7 Å². The highest BCUT2D eigenvalue weighted by Crippen LogP contribution is 2.50. The lowest BCUT2D eigenvalue weighted by atomic mass is 9.73. The molecule has 2 rings (SSSR count). The first-order chi connectivity index (χ1) is 12.6. The third kappa shape index (κ3) is 3.61. The number of esters is 2. The lowest BCUT2D eigenvalue weighted by molar-refractivity contribution is -0.168. The van der Waals surface area contributed by atoms with E-state index in [0.717, 1.165) is 38.5 Å². The molecule has 8 heteroatoms. The van der Waals surface area contributed by atoms with Crippen molar-refractivity contribution in [1.29, 1.82) is 0 Å². The molecule has 0 bridgehead atoms. The van der Waals surface area contributed by atoms with E-state index < -0.39 is 40.8 Å². The molecular formula is C19H19F3O5. The SMILES string of the molecule is C=C1CCC(CC(=O)c2ccc(C(F)(F)F)cc2)C1(C(=O)OC)C(=O)OC. The lowest BCUT2D eigenvalue weighted by Gasteiger charge is -2.30. The van der Waals surface area contributed by atoms with Crippen molar-refractivity contribution < 1.29 is 37.0 Å². The molecule has 0 N–H and O–H groups in total. The van der Waals surface area contributed by atoms with E-state index in [1.165, 1.54) is 0 Å². The van der Waals surface area contributed by atoms with Crippen molar-refractivity contribution in [1.82, 2.24) is 0 Å². The fourth-order valence-electron chi connectivity index (χ4n) is 3.52. The summed E-state index contributed by atoms with van der Waals surface area (Å²) >= 11 is 0. The van der Waals surface area contributed by atoms with E-state index in [2.05, 4.69) is 6.58 Å². The van der Waals surface area contributed by atoms with Crippen LogP contribution in [0.2, 0.25) is 0 Å². The van der Waals surface area contributed by atoms with Crippen molar-refractivity contribution in [2.24, 2.45) is 11.3 Å². The highest BCUT2D eigenvalue weighted by atomic mass is 19.4. The first kappa shape index (κ1) is 20.7. The summed E-state index contributed by atoms with van der Waals surface area (Å²) in [5.41, 5.74) is -2.30. The average Bonchev–Trinajstić information content (AvgIpc) is 2.96. The van der Waals surface area contributed by atoms with Crippen LogP contribution in [-0.4, -0.2) is 31.9 Å². The lowest BCUT2D eigenvalue weighted by Crippen LogP contribution is -2.45. The number of ether oxygens (including phenoxy) is 2. The van der Waals surface area contributed by atoms with Gasteiger partial charge >= 0.3 is 18.1 Å². The highest BCUT2D eigenvalue weighted by Gasteiger charge is 2.59. The molecule has 1 aromatic rings. The molecule has 0 spiro atoms. The number of rotatable bonds is 5. The molecule has 1 unspecified atom stereocenters. The van der Waals surface area contributed by atoms with Crippen molar-refractivity contribution in [3.8, 4) is 0 Å². The van der Waals surface area contributed by atoms with Gasteiger partial charge in [0.2, 0.25) is 0 Å². The van der Waals surface area contributed by atoms with Gasteiger partial charge in [-0.15, -0.1) is 0 Å². The average molecular weight is 384 g/mol. The van der Waals surface area contributed by atoms with Gasteiger partial charge in [0.1, 0.15) is 0 Å². The summed E-state index contributed by atoms with van der Waals surface area (Å²) in [4.78, 5) is 37.4. The van der Waals surface area contributed by atoms with Crippen LogP contribution in [0.25, 0.3) is 0 Å². The number of Topliss-reactive ketones (excluding diaryl/α,β-unsaturated/α-hetero) is 1. The molecule has 0 saturated heterocycles. The summed E-state index contributed by atoms with van der Waals surface area (Å²) in [5, 5.41) is 0. The molecule has 27 heavy (non-hydrogen) atoms. The number of methoxy groups -OCH3 is 2. The number of alkyl halides is 3. The maximum Gasteiger partial charge on any atom is 0.416 e. The molecule has 0 aliphatic heterocycles. The molecule has 1 saturated carbocycles. The Balaban J connectivity index is 2.31. The van der Waals surface area contributed by atoms with Crippen LogP contribution in [-0.2, 0) is 25.2 Å². The zero-order chi connectivity index (χ0) is 20.4. The van der Waals surface area contributed by atoms with Gasteiger partial charge in [0.25, 0.3) is 0 Å². The summed E-state index contributed by atoms with van der Waals surface area (Å²) in [6, 6.07) is 3.78. The van der Waals surface area contributed by atoms with Crippen LogP contribution in [0, 0.1) is 11.3 Å². The molecule has 1 aromatic carbocycles. The third-order valence-electron chi connectivity index (χ3n) is 4.95. The zero-order valence-electron chi connectivity index (χ0n) is 14.9. The Labute approximate surface area is 154 Å². The molecule has 1 fully saturated rings.